The lowest BCUT2D eigenvalue weighted by atomic mass is 9.99. The van der Waals surface area contributed by atoms with Crippen LogP contribution in [0, 0.1) is 0 Å². The molecule has 1 rings (SSSR count). The van der Waals surface area contributed by atoms with E-state index in [4.69, 9.17) is 4.74 Å². The standard InChI is InChI=1S/C15H22N2O4/c1-17(11-14(18)16-8-9-21-2)10-13(15(19)20)12-6-4-3-5-7-12/h3-7,13H,8-11H2,1-2H3,(H,16,18)(H,19,20). The van der Waals surface area contributed by atoms with Gasteiger partial charge in [0.2, 0.25) is 5.91 Å². The molecule has 1 aromatic carbocycles. The number of carbonyl (C=O) groups is 2. The molecule has 0 aliphatic rings. The smallest absolute Gasteiger partial charge is 0.312 e. The van der Waals surface area contributed by atoms with Gasteiger partial charge in [0.05, 0.1) is 19.1 Å². The quantitative estimate of drug-likeness (QED) is 0.650. The summed E-state index contributed by atoms with van der Waals surface area (Å²) >= 11 is 0. The van der Waals surface area contributed by atoms with E-state index < -0.39 is 11.9 Å². The molecule has 0 heterocycles. The third-order valence-electron chi connectivity index (χ3n) is 3.04. The van der Waals surface area contributed by atoms with E-state index in [0.29, 0.717) is 13.2 Å². The highest BCUT2D eigenvalue weighted by Gasteiger charge is 2.22. The first-order valence-electron chi connectivity index (χ1n) is 6.76. The van der Waals surface area contributed by atoms with Crippen molar-refractivity contribution in [2.24, 2.45) is 0 Å². The van der Waals surface area contributed by atoms with Crippen LogP contribution in [0.2, 0.25) is 0 Å². The van der Waals surface area contributed by atoms with Gasteiger partial charge < -0.3 is 15.2 Å². The molecule has 6 heteroatoms. The highest BCUT2D eigenvalue weighted by molar-refractivity contribution is 5.78. The van der Waals surface area contributed by atoms with Crippen LogP contribution >= 0.6 is 0 Å². The average Bonchev–Trinajstić information content (AvgIpc) is 2.45. The summed E-state index contributed by atoms with van der Waals surface area (Å²) in [5.41, 5.74) is 0.733. The van der Waals surface area contributed by atoms with Gasteiger partial charge in [-0.25, -0.2) is 0 Å². The van der Waals surface area contributed by atoms with Crippen molar-refractivity contribution < 1.29 is 19.4 Å². The number of amides is 1. The molecule has 0 spiro atoms. The Morgan fingerprint density at radius 2 is 2.00 bits per heavy atom. The van der Waals surface area contributed by atoms with Crippen LogP contribution in [0.3, 0.4) is 0 Å². The lowest BCUT2D eigenvalue weighted by molar-refractivity contribution is -0.139. The van der Waals surface area contributed by atoms with Crippen LogP contribution in [-0.4, -0.2) is 62.3 Å². The van der Waals surface area contributed by atoms with Gasteiger partial charge in [-0.3, -0.25) is 14.5 Å². The molecule has 0 aromatic heterocycles. The summed E-state index contributed by atoms with van der Waals surface area (Å²) in [6.07, 6.45) is 0. The molecule has 1 aromatic rings. The van der Waals surface area contributed by atoms with Gasteiger partial charge >= 0.3 is 5.97 Å². The number of carboxylic acids is 1. The zero-order chi connectivity index (χ0) is 15.7. The maximum absolute atomic E-state index is 11.7. The maximum atomic E-state index is 11.7. The minimum absolute atomic E-state index is 0.147. The summed E-state index contributed by atoms with van der Waals surface area (Å²) in [7, 11) is 3.30. The van der Waals surface area contributed by atoms with Crippen LogP contribution in [0.1, 0.15) is 11.5 Å². The molecule has 1 unspecified atom stereocenters. The number of rotatable bonds is 9. The summed E-state index contributed by atoms with van der Waals surface area (Å²) < 4.78 is 4.85. The maximum Gasteiger partial charge on any atom is 0.312 e. The number of hydrogen-bond donors (Lipinski definition) is 2. The van der Waals surface area contributed by atoms with Crippen LogP contribution in [0.15, 0.2) is 30.3 Å². The van der Waals surface area contributed by atoms with Crippen LogP contribution in [0.25, 0.3) is 0 Å². The van der Waals surface area contributed by atoms with Crippen molar-refractivity contribution in [3.05, 3.63) is 35.9 Å². The van der Waals surface area contributed by atoms with Gasteiger partial charge in [0.1, 0.15) is 0 Å². The molecule has 2 N–H and O–H groups in total. The van der Waals surface area contributed by atoms with Crippen molar-refractivity contribution in [2.45, 2.75) is 5.92 Å². The van der Waals surface area contributed by atoms with Crippen molar-refractivity contribution in [3.63, 3.8) is 0 Å². The van der Waals surface area contributed by atoms with E-state index in [1.54, 1.807) is 31.2 Å². The minimum atomic E-state index is -0.896. The lowest BCUT2D eigenvalue weighted by Crippen LogP contribution is -2.39. The lowest BCUT2D eigenvalue weighted by Gasteiger charge is -2.21. The SMILES string of the molecule is COCCNC(=O)CN(C)CC(C(=O)O)c1ccccc1. The molecule has 21 heavy (non-hydrogen) atoms. The van der Waals surface area contributed by atoms with Gasteiger partial charge in [0, 0.05) is 20.2 Å². The van der Waals surface area contributed by atoms with Gasteiger partial charge in [0.25, 0.3) is 0 Å². The fraction of sp³-hybridized carbons (Fsp3) is 0.467. The van der Waals surface area contributed by atoms with Crippen LogP contribution in [0.4, 0.5) is 0 Å². The molecule has 1 amide bonds. The first-order chi connectivity index (χ1) is 10.0. The molecule has 0 aliphatic heterocycles. The zero-order valence-corrected chi connectivity index (χ0v) is 12.4. The summed E-state index contributed by atoms with van der Waals surface area (Å²) in [5.74, 6) is -1.69. The second-order valence-corrected chi connectivity index (χ2v) is 4.84. The van der Waals surface area contributed by atoms with Gasteiger partial charge in [-0.05, 0) is 12.6 Å². The molecule has 0 saturated heterocycles. The van der Waals surface area contributed by atoms with Crippen molar-refractivity contribution in [1.29, 1.82) is 0 Å². The third-order valence-corrected chi connectivity index (χ3v) is 3.04. The van der Waals surface area contributed by atoms with Crippen LogP contribution < -0.4 is 5.32 Å². The van der Waals surface area contributed by atoms with Gasteiger partial charge in [-0.2, -0.15) is 0 Å². The molecular formula is C15H22N2O4. The van der Waals surface area contributed by atoms with Crippen molar-refractivity contribution >= 4 is 11.9 Å². The fourth-order valence-corrected chi connectivity index (χ4v) is 1.98. The zero-order valence-electron chi connectivity index (χ0n) is 12.4. The van der Waals surface area contributed by atoms with E-state index in [-0.39, 0.29) is 19.0 Å². The van der Waals surface area contributed by atoms with Gasteiger partial charge in [-0.1, -0.05) is 30.3 Å². The van der Waals surface area contributed by atoms with Gasteiger partial charge in [0.15, 0.2) is 0 Å². The third kappa shape index (κ3) is 6.37. The molecular weight excluding hydrogens is 272 g/mol. The number of methoxy groups -OCH3 is 1. The monoisotopic (exact) mass is 294 g/mol. The predicted octanol–water partition coefficient (Wildman–Crippen LogP) is 0.549. The molecule has 0 saturated carbocycles. The largest absolute Gasteiger partial charge is 0.481 e. The molecule has 6 nitrogen and oxygen atoms in total. The van der Waals surface area contributed by atoms with Gasteiger partial charge in [-0.15, -0.1) is 0 Å². The first kappa shape index (κ1) is 17.1. The number of aliphatic carboxylic acids is 1. The number of likely N-dealkylation sites (N-methyl/N-ethyl adjacent to an activating group) is 1. The van der Waals surface area contributed by atoms with E-state index in [2.05, 4.69) is 5.32 Å². The second kappa shape index (κ2) is 9.10. The Balaban J connectivity index is 2.52. The van der Waals surface area contributed by atoms with E-state index >= 15 is 0 Å². The molecule has 0 radical (unpaired) electrons. The summed E-state index contributed by atoms with van der Waals surface area (Å²) in [6.45, 7) is 1.33. The van der Waals surface area contributed by atoms with E-state index in [1.807, 2.05) is 18.2 Å². The normalized spacial score (nSPS) is 12.1. The number of carbonyl (C=O) groups excluding carboxylic acids is 1. The summed E-state index contributed by atoms with van der Waals surface area (Å²) in [4.78, 5) is 24.8. The number of hydrogen-bond acceptors (Lipinski definition) is 4. The van der Waals surface area contributed by atoms with Crippen LogP contribution in [0.5, 0.6) is 0 Å². The summed E-state index contributed by atoms with van der Waals surface area (Å²) in [6, 6.07) is 9.03. The Labute approximate surface area is 124 Å². The van der Waals surface area contributed by atoms with Crippen molar-refractivity contribution in [2.75, 3.05) is 40.4 Å². The molecule has 1 atom stereocenters. The molecule has 116 valence electrons. The number of nitrogens with one attached hydrogen (secondary N) is 1. The van der Waals surface area contributed by atoms with E-state index in [1.165, 1.54) is 0 Å². The highest BCUT2D eigenvalue weighted by atomic mass is 16.5. The number of carboxylic acid groups (broad SMARTS) is 1. The number of benzene rings is 1. The topological polar surface area (TPSA) is 78.9 Å². The Hall–Kier alpha value is -1.92. The summed E-state index contributed by atoms with van der Waals surface area (Å²) in [5, 5.41) is 12.0. The number of ether oxygens (including phenoxy) is 1. The van der Waals surface area contributed by atoms with E-state index in [9.17, 15) is 14.7 Å². The highest BCUT2D eigenvalue weighted by Crippen LogP contribution is 2.16. The Morgan fingerprint density at radius 1 is 1.33 bits per heavy atom. The predicted molar refractivity (Wildman–Crippen MR) is 79.2 cm³/mol. The molecule has 0 bridgehead atoms. The molecule has 0 fully saturated rings. The Bertz CT molecular complexity index is 450. The second-order valence-electron chi connectivity index (χ2n) is 4.84. The fourth-order valence-electron chi connectivity index (χ4n) is 1.98. The minimum Gasteiger partial charge on any atom is -0.481 e. The first-order valence-corrected chi connectivity index (χ1v) is 6.76. The van der Waals surface area contributed by atoms with E-state index in [0.717, 1.165) is 5.56 Å². The average molecular weight is 294 g/mol. The molecule has 0 aliphatic carbocycles. The number of nitrogens with zero attached hydrogens (tertiary/aromatic N) is 1. The van der Waals surface area contributed by atoms with Crippen molar-refractivity contribution in [1.82, 2.24) is 10.2 Å². The van der Waals surface area contributed by atoms with Crippen molar-refractivity contribution in [3.8, 4) is 0 Å². The van der Waals surface area contributed by atoms with Crippen LogP contribution in [-0.2, 0) is 14.3 Å². The Morgan fingerprint density at radius 3 is 2.57 bits per heavy atom. The Kier molecular flexibility index (Phi) is 7.42.